The van der Waals surface area contributed by atoms with E-state index in [1.54, 1.807) is 13.3 Å². The second-order valence-electron chi connectivity index (χ2n) is 5.37. The van der Waals surface area contributed by atoms with Gasteiger partial charge in [-0.15, -0.1) is 0 Å². The fourth-order valence-electron chi connectivity index (χ4n) is 2.77. The Morgan fingerprint density at radius 3 is 2.71 bits per heavy atom. The van der Waals surface area contributed by atoms with Crippen LogP contribution in [0.1, 0.15) is 6.92 Å². The first-order chi connectivity index (χ1) is 11.8. The van der Waals surface area contributed by atoms with Gasteiger partial charge in [0.2, 0.25) is 0 Å². The summed E-state index contributed by atoms with van der Waals surface area (Å²) in [7, 11) is 1.64. The van der Waals surface area contributed by atoms with E-state index in [0.29, 0.717) is 30.5 Å². The highest BCUT2D eigenvalue weighted by atomic mass is 16.6. The number of nitrogens with zero attached hydrogens (tertiary/aromatic N) is 4. The first kappa shape index (κ1) is 14.6. The van der Waals surface area contributed by atoms with Crippen molar-refractivity contribution in [3.63, 3.8) is 0 Å². The van der Waals surface area contributed by atoms with Gasteiger partial charge in [0.25, 0.3) is 0 Å². The zero-order valence-electron chi connectivity index (χ0n) is 13.6. The summed E-state index contributed by atoms with van der Waals surface area (Å²) in [6, 6.07) is 3.76. The lowest BCUT2D eigenvalue weighted by molar-refractivity contribution is 0.171. The maximum atomic E-state index is 5.69. The van der Waals surface area contributed by atoms with Gasteiger partial charge < -0.3 is 14.2 Å². The van der Waals surface area contributed by atoms with Crippen LogP contribution in [0.4, 0.5) is 0 Å². The Balaban J connectivity index is 1.83. The summed E-state index contributed by atoms with van der Waals surface area (Å²) in [6.45, 7) is 3.95. The maximum absolute atomic E-state index is 5.69. The first-order valence-electron chi connectivity index (χ1n) is 7.84. The SMILES string of the molecule is CCn1cc(-n2ccnc2-c2cc3c(cc2OC)OCCO3)cn1. The van der Waals surface area contributed by atoms with Crippen LogP contribution in [-0.2, 0) is 6.54 Å². The molecule has 0 unspecified atom stereocenters. The van der Waals surface area contributed by atoms with E-state index in [1.807, 2.05) is 40.0 Å². The van der Waals surface area contributed by atoms with Crippen LogP contribution in [0.25, 0.3) is 17.1 Å². The fourth-order valence-corrected chi connectivity index (χ4v) is 2.77. The average Bonchev–Trinajstić information content (AvgIpc) is 3.29. The standard InChI is InChI=1S/C17H18N4O3/c1-3-20-11-12(10-19-20)21-5-4-18-17(21)13-8-15-16(9-14(13)22-2)24-7-6-23-15/h4-5,8-11H,3,6-7H2,1-2H3. The Hall–Kier alpha value is -2.96. The number of hydrogen-bond donors (Lipinski definition) is 0. The van der Waals surface area contributed by atoms with E-state index >= 15 is 0 Å². The van der Waals surface area contributed by atoms with Crippen molar-refractivity contribution in [2.75, 3.05) is 20.3 Å². The smallest absolute Gasteiger partial charge is 0.165 e. The van der Waals surface area contributed by atoms with E-state index in [0.717, 1.165) is 23.6 Å². The normalized spacial score (nSPS) is 13.1. The van der Waals surface area contributed by atoms with E-state index in [9.17, 15) is 0 Å². The third-order valence-corrected chi connectivity index (χ3v) is 3.97. The van der Waals surface area contributed by atoms with Crippen LogP contribution in [-0.4, -0.2) is 39.7 Å². The number of benzene rings is 1. The van der Waals surface area contributed by atoms with Crippen molar-refractivity contribution < 1.29 is 14.2 Å². The van der Waals surface area contributed by atoms with Gasteiger partial charge in [0, 0.05) is 31.2 Å². The highest BCUT2D eigenvalue weighted by Crippen LogP contribution is 2.41. The van der Waals surface area contributed by atoms with Crippen LogP contribution in [0.15, 0.2) is 36.9 Å². The molecule has 0 N–H and O–H groups in total. The number of rotatable bonds is 4. The van der Waals surface area contributed by atoms with Crippen molar-refractivity contribution in [1.82, 2.24) is 19.3 Å². The van der Waals surface area contributed by atoms with E-state index < -0.39 is 0 Å². The molecule has 0 spiro atoms. The first-order valence-corrected chi connectivity index (χ1v) is 7.84. The second-order valence-corrected chi connectivity index (χ2v) is 5.37. The zero-order chi connectivity index (χ0) is 16.5. The summed E-state index contributed by atoms with van der Waals surface area (Å²) in [5.74, 6) is 2.85. The molecule has 0 amide bonds. The van der Waals surface area contributed by atoms with Crippen molar-refractivity contribution in [3.8, 4) is 34.3 Å². The third kappa shape index (κ3) is 2.38. The molecular weight excluding hydrogens is 308 g/mol. The maximum Gasteiger partial charge on any atom is 0.165 e. The van der Waals surface area contributed by atoms with Gasteiger partial charge in [-0.25, -0.2) is 4.98 Å². The topological polar surface area (TPSA) is 63.3 Å². The molecule has 4 rings (SSSR count). The summed E-state index contributed by atoms with van der Waals surface area (Å²) >= 11 is 0. The molecule has 1 aliphatic rings. The van der Waals surface area contributed by atoms with Crippen LogP contribution >= 0.6 is 0 Å². The molecule has 1 aliphatic heterocycles. The summed E-state index contributed by atoms with van der Waals surface area (Å²) in [4.78, 5) is 4.50. The fraction of sp³-hybridized carbons (Fsp3) is 0.294. The van der Waals surface area contributed by atoms with Gasteiger partial charge in [0.05, 0.1) is 24.6 Å². The summed E-state index contributed by atoms with van der Waals surface area (Å²) < 4.78 is 20.7. The molecule has 0 bridgehead atoms. The Kier molecular flexibility index (Phi) is 3.60. The predicted molar refractivity (Wildman–Crippen MR) is 88.0 cm³/mol. The van der Waals surface area contributed by atoms with Crippen molar-refractivity contribution in [1.29, 1.82) is 0 Å². The van der Waals surface area contributed by atoms with Crippen LogP contribution in [0.3, 0.4) is 0 Å². The molecule has 0 saturated carbocycles. The minimum absolute atomic E-state index is 0.538. The van der Waals surface area contributed by atoms with Crippen LogP contribution in [0, 0.1) is 0 Å². The van der Waals surface area contributed by atoms with Gasteiger partial charge in [0.1, 0.15) is 24.8 Å². The molecule has 0 radical (unpaired) electrons. The summed E-state index contributed by atoms with van der Waals surface area (Å²) in [5.41, 5.74) is 1.79. The van der Waals surface area contributed by atoms with E-state index in [2.05, 4.69) is 17.0 Å². The Bertz CT molecular complexity index is 869. The molecule has 7 heteroatoms. The molecule has 0 aliphatic carbocycles. The second kappa shape index (κ2) is 5.92. The predicted octanol–water partition coefficient (Wildman–Crippen LogP) is 2.54. The number of hydrogen-bond acceptors (Lipinski definition) is 5. The Morgan fingerprint density at radius 2 is 2.00 bits per heavy atom. The van der Waals surface area contributed by atoms with Crippen LogP contribution in [0.2, 0.25) is 0 Å². The van der Waals surface area contributed by atoms with E-state index in [4.69, 9.17) is 14.2 Å². The molecule has 0 saturated heterocycles. The number of imidazole rings is 1. The van der Waals surface area contributed by atoms with E-state index in [-0.39, 0.29) is 0 Å². The number of methoxy groups -OCH3 is 1. The molecular formula is C17H18N4O3. The molecule has 3 aromatic rings. The largest absolute Gasteiger partial charge is 0.496 e. The molecule has 3 heterocycles. The van der Waals surface area contributed by atoms with Crippen molar-refractivity contribution in [2.24, 2.45) is 0 Å². The minimum Gasteiger partial charge on any atom is -0.496 e. The molecule has 7 nitrogen and oxygen atoms in total. The third-order valence-electron chi connectivity index (χ3n) is 3.97. The number of aryl methyl sites for hydroxylation is 1. The number of fused-ring (bicyclic) bond motifs is 1. The van der Waals surface area contributed by atoms with Crippen molar-refractivity contribution in [3.05, 3.63) is 36.9 Å². The Labute approximate surface area is 139 Å². The molecule has 24 heavy (non-hydrogen) atoms. The Morgan fingerprint density at radius 1 is 1.21 bits per heavy atom. The number of aromatic nitrogens is 4. The molecule has 124 valence electrons. The molecule has 1 aromatic carbocycles. The number of ether oxygens (including phenoxy) is 3. The zero-order valence-corrected chi connectivity index (χ0v) is 13.6. The lowest BCUT2D eigenvalue weighted by Crippen LogP contribution is -2.15. The van der Waals surface area contributed by atoms with Crippen LogP contribution in [0.5, 0.6) is 17.2 Å². The van der Waals surface area contributed by atoms with Gasteiger partial charge >= 0.3 is 0 Å². The lowest BCUT2D eigenvalue weighted by atomic mass is 10.1. The quantitative estimate of drug-likeness (QED) is 0.737. The van der Waals surface area contributed by atoms with Crippen molar-refractivity contribution >= 4 is 0 Å². The average molecular weight is 326 g/mol. The van der Waals surface area contributed by atoms with Gasteiger partial charge in [0.15, 0.2) is 11.5 Å². The highest BCUT2D eigenvalue weighted by molar-refractivity contribution is 5.71. The summed E-state index contributed by atoms with van der Waals surface area (Å²) in [6.07, 6.45) is 7.46. The van der Waals surface area contributed by atoms with Crippen molar-refractivity contribution in [2.45, 2.75) is 13.5 Å². The van der Waals surface area contributed by atoms with Gasteiger partial charge in [-0.1, -0.05) is 0 Å². The molecule has 0 atom stereocenters. The minimum atomic E-state index is 0.538. The van der Waals surface area contributed by atoms with Gasteiger partial charge in [-0.2, -0.15) is 5.10 Å². The molecule has 0 fully saturated rings. The monoisotopic (exact) mass is 326 g/mol. The summed E-state index contributed by atoms with van der Waals surface area (Å²) in [5, 5.41) is 4.33. The van der Waals surface area contributed by atoms with Crippen LogP contribution < -0.4 is 14.2 Å². The van der Waals surface area contributed by atoms with Gasteiger partial charge in [-0.05, 0) is 13.0 Å². The lowest BCUT2D eigenvalue weighted by Gasteiger charge is -2.20. The molecule has 2 aromatic heterocycles. The van der Waals surface area contributed by atoms with E-state index in [1.165, 1.54) is 0 Å². The van der Waals surface area contributed by atoms with Gasteiger partial charge in [-0.3, -0.25) is 9.25 Å². The highest BCUT2D eigenvalue weighted by Gasteiger charge is 2.20.